The van der Waals surface area contributed by atoms with Crippen LogP contribution in [0.5, 0.6) is 0 Å². The lowest BCUT2D eigenvalue weighted by Crippen LogP contribution is -2.56. The molecule has 9 nitrogen and oxygen atoms in total. The van der Waals surface area contributed by atoms with E-state index in [2.05, 4.69) is 11.9 Å². The van der Waals surface area contributed by atoms with Crippen LogP contribution in [0.15, 0.2) is 49.1 Å². The van der Waals surface area contributed by atoms with Crippen molar-refractivity contribution < 1.29 is 34.8 Å². The first-order valence-electron chi connectivity index (χ1n) is 14.7. The van der Waals surface area contributed by atoms with Crippen LogP contribution < -0.4 is 11.1 Å². The van der Waals surface area contributed by atoms with Crippen molar-refractivity contribution in [3.63, 3.8) is 0 Å². The summed E-state index contributed by atoms with van der Waals surface area (Å²) in [5, 5.41) is 45.5. The summed E-state index contributed by atoms with van der Waals surface area (Å²) in [5.74, 6) is -1.98. The SMILES string of the molecule is C=C/C=C\[C@H](C)[C@H](OC(N)=O)[C@@H](C)[C@H](O)[C@@H](C)C/C=C\[C@H](C)[C@@H](O)[C@@H](C)/C=C\[C@@H](O)CC1NC(=O)[C@H](C)[C@@H](O)[C@H]1C. The van der Waals surface area contributed by atoms with Crippen molar-refractivity contribution in [2.75, 3.05) is 0 Å². The molecule has 0 aromatic rings. The van der Waals surface area contributed by atoms with E-state index in [0.717, 1.165) is 0 Å². The van der Waals surface area contributed by atoms with Crippen molar-refractivity contribution in [3.8, 4) is 0 Å². The molecule has 9 heteroatoms. The van der Waals surface area contributed by atoms with Crippen LogP contribution in [0.2, 0.25) is 0 Å². The van der Waals surface area contributed by atoms with Gasteiger partial charge in [-0.15, -0.1) is 0 Å². The summed E-state index contributed by atoms with van der Waals surface area (Å²) in [6, 6.07) is -0.333. The maximum absolute atomic E-state index is 12.0. The zero-order chi connectivity index (χ0) is 31.4. The third-order valence-electron chi connectivity index (χ3n) is 8.55. The smallest absolute Gasteiger partial charge is 0.404 e. The molecule has 234 valence electrons. The summed E-state index contributed by atoms with van der Waals surface area (Å²) in [6.07, 6.45) is 8.80. The zero-order valence-corrected chi connectivity index (χ0v) is 25.8. The number of primary amides is 1. The van der Waals surface area contributed by atoms with E-state index in [1.807, 2.05) is 59.8 Å². The summed E-state index contributed by atoms with van der Waals surface area (Å²) in [5.41, 5.74) is 5.28. The monoisotopic (exact) mass is 578 g/mol. The fourth-order valence-corrected chi connectivity index (χ4v) is 5.47. The van der Waals surface area contributed by atoms with Gasteiger partial charge in [0, 0.05) is 35.6 Å². The van der Waals surface area contributed by atoms with E-state index in [0.29, 0.717) is 6.42 Å². The van der Waals surface area contributed by atoms with Gasteiger partial charge in [-0.25, -0.2) is 4.79 Å². The van der Waals surface area contributed by atoms with Gasteiger partial charge in [-0.1, -0.05) is 97.6 Å². The first kappa shape index (κ1) is 36.6. The van der Waals surface area contributed by atoms with Gasteiger partial charge in [0.05, 0.1) is 30.3 Å². The molecule has 0 aromatic carbocycles. The topological polar surface area (TPSA) is 162 Å². The molecule has 1 saturated heterocycles. The fraction of sp³-hybridized carbons (Fsp3) is 0.688. The molecule has 2 amide bonds. The molecule has 0 aliphatic carbocycles. The van der Waals surface area contributed by atoms with Crippen molar-refractivity contribution >= 4 is 12.0 Å². The van der Waals surface area contributed by atoms with E-state index >= 15 is 0 Å². The van der Waals surface area contributed by atoms with E-state index in [-0.39, 0.29) is 53.9 Å². The summed E-state index contributed by atoms with van der Waals surface area (Å²) in [7, 11) is 0. The number of aliphatic hydroxyl groups is 4. The average molecular weight is 579 g/mol. The molecule has 1 aliphatic heterocycles. The molecule has 13 atom stereocenters. The molecule has 1 unspecified atom stereocenters. The van der Waals surface area contributed by atoms with Crippen LogP contribution in [0.25, 0.3) is 0 Å². The highest BCUT2D eigenvalue weighted by atomic mass is 16.6. The minimum absolute atomic E-state index is 0.142. The number of piperidine rings is 1. The van der Waals surface area contributed by atoms with E-state index in [1.54, 1.807) is 31.2 Å². The molecule has 0 spiro atoms. The van der Waals surface area contributed by atoms with Gasteiger partial charge in [-0.05, 0) is 18.8 Å². The van der Waals surface area contributed by atoms with Crippen LogP contribution in [0.1, 0.15) is 61.3 Å². The predicted molar refractivity (Wildman–Crippen MR) is 161 cm³/mol. The van der Waals surface area contributed by atoms with Gasteiger partial charge in [-0.2, -0.15) is 0 Å². The van der Waals surface area contributed by atoms with Crippen LogP contribution in [-0.2, 0) is 9.53 Å². The molecular weight excluding hydrogens is 524 g/mol. The molecule has 1 aliphatic rings. The van der Waals surface area contributed by atoms with Crippen LogP contribution >= 0.6 is 0 Å². The van der Waals surface area contributed by atoms with Crippen molar-refractivity contribution in [2.45, 2.75) is 97.9 Å². The van der Waals surface area contributed by atoms with Gasteiger partial charge in [0.15, 0.2) is 0 Å². The van der Waals surface area contributed by atoms with E-state index in [1.165, 1.54) is 0 Å². The summed E-state index contributed by atoms with van der Waals surface area (Å²) < 4.78 is 5.33. The van der Waals surface area contributed by atoms with Crippen molar-refractivity contribution in [1.29, 1.82) is 0 Å². The Labute approximate surface area is 246 Å². The Kier molecular flexibility index (Phi) is 15.6. The highest BCUT2D eigenvalue weighted by Gasteiger charge is 2.38. The van der Waals surface area contributed by atoms with E-state index in [9.17, 15) is 30.0 Å². The Morgan fingerprint density at radius 1 is 1.00 bits per heavy atom. The van der Waals surface area contributed by atoms with E-state index < -0.39 is 42.5 Å². The number of hydrogen-bond acceptors (Lipinski definition) is 7. The lowest BCUT2D eigenvalue weighted by molar-refractivity contribution is -0.136. The molecule has 41 heavy (non-hydrogen) atoms. The zero-order valence-electron chi connectivity index (χ0n) is 25.8. The number of carbonyl (C=O) groups is 2. The van der Waals surface area contributed by atoms with Crippen LogP contribution in [-0.4, -0.2) is 69.0 Å². The Morgan fingerprint density at radius 3 is 2.20 bits per heavy atom. The molecular formula is C32H54N2O7. The highest BCUT2D eigenvalue weighted by molar-refractivity contribution is 5.80. The number of rotatable bonds is 16. The number of ether oxygens (including phenoxy) is 1. The minimum Gasteiger partial charge on any atom is -0.445 e. The van der Waals surface area contributed by atoms with Gasteiger partial charge >= 0.3 is 6.09 Å². The number of nitrogens with one attached hydrogen (secondary N) is 1. The number of allylic oxidation sites excluding steroid dienone is 3. The Morgan fingerprint density at radius 2 is 1.61 bits per heavy atom. The second kappa shape index (κ2) is 17.5. The van der Waals surface area contributed by atoms with Crippen LogP contribution in [0.3, 0.4) is 0 Å². The number of carbonyl (C=O) groups excluding carboxylic acids is 2. The first-order chi connectivity index (χ1) is 19.1. The molecule has 1 rings (SSSR count). The minimum atomic E-state index is -0.886. The molecule has 0 saturated carbocycles. The number of hydrogen-bond donors (Lipinski definition) is 6. The second-order valence-electron chi connectivity index (χ2n) is 12.0. The normalized spacial score (nSPS) is 28.4. The van der Waals surface area contributed by atoms with Crippen molar-refractivity contribution in [1.82, 2.24) is 5.32 Å². The van der Waals surface area contributed by atoms with Crippen LogP contribution in [0, 0.1) is 41.4 Å². The Hall–Kier alpha value is -2.46. The van der Waals surface area contributed by atoms with Gasteiger partial charge in [-0.3, -0.25) is 4.79 Å². The molecule has 1 heterocycles. The Bertz CT molecular complexity index is 920. The standard InChI is InChI=1S/C32H54N2O7/c1-9-10-12-21(5)30(41-32(33)40)23(7)28(37)19(3)14-11-13-18(2)27(36)20(4)15-16-25(35)17-26-22(6)29(38)24(8)31(39)34-26/h9-13,15-16,18-30,35-38H,1,14,17H2,2-8H3,(H2,33,40)(H,34,39)/b12-10-,13-11-,16-15-/t18-,19-,20-,21-,22-,23-,24+,25+,26?,27+,28+,29-,30-/m0/s1. The van der Waals surface area contributed by atoms with Gasteiger partial charge in [0.25, 0.3) is 0 Å². The maximum Gasteiger partial charge on any atom is 0.404 e. The van der Waals surface area contributed by atoms with Crippen molar-refractivity contribution in [2.24, 2.45) is 47.2 Å². The van der Waals surface area contributed by atoms with Crippen molar-refractivity contribution in [3.05, 3.63) is 49.1 Å². The summed E-state index contributed by atoms with van der Waals surface area (Å²) >= 11 is 0. The van der Waals surface area contributed by atoms with Gasteiger partial charge in [0.1, 0.15) is 6.10 Å². The third-order valence-corrected chi connectivity index (χ3v) is 8.55. The molecule has 7 N–H and O–H groups in total. The molecule has 0 bridgehead atoms. The quantitative estimate of drug-likeness (QED) is 0.121. The molecule has 0 radical (unpaired) electrons. The number of aliphatic hydroxyl groups excluding tert-OH is 4. The Balaban J connectivity index is 2.67. The fourth-order valence-electron chi connectivity index (χ4n) is 5.47. The summed E-state index contributed by atoms with van der Waals surface area (Å²) in [6.45, 7) is 16.6. The molecule has 0 aromatic heterocycles. The average Bonchev–Trinajstić information content (AvgIpc) is 2.93. The molecule has 1 fully saturated rings. The lowest BCUT2D eigenvalue weighted by Gasteiger charge is -2.38. The second-order valence-corrected chi connectivity index (χ2v) is 12.0. The largest absolute Gasteiger partial charge is 0.445 e. The van der Waals surface area contributed by atoms with Gasteiger partial charge in [0.2, 0.25) is 5.91 Å². The highest BCUT2D eigenvalue weighted by Crippen LogP contribution is 2.28. The number of amides is 2. The predicted octanol–water partition coefficient (Wildman–Crippen LogP) is 3.48. The van der Waals surface area contributed by atoms with Crippen LogP contribution in [0.4, 0.5) is 4.79 Å². The first-order valence-corrected chi connectivity index (χ1v) is 14.7. The third kappa shape index (κ3) is 11.4. The van der Waals surface area contributed by atoms with E-state index in [4.69, 9.17) is 10.5 Å². The lowest BCUT2D eigenvalue weighted by atomic mass is 9.81. The summed E-state index contributed by atoms with van der Waals surface area (Å²) in [4.78, 5) is 23.5. The van der Waals surface area contributed by atoms with Gasteiger partial charge < -0.3 is 36.2 Å². The maximum atomic E-state index is 12.0. The number of nitrogens with two attached hydrogens (primary N) is 1.